The SMILES string of the molecule is CCNC(=NCc1ccc(N2CCN(C)CC2)nc1)NCCOc1ccccc1. The third kappa shape index (κ3) is 6.94. The molecule has 7 heteroatoms. The average Bonchev–Trinajstić information content (AvgIpc) is 2.76. The van der Waals surface area contributed by atoms with Crippen molar-refractivity contribution >= 4 is 11.8 Å². The van der Waals surface area contributed by atoms with Crippen LogP contribution in [0.25, 0.3) is 0 Å². The van der Waals surface area contributed by atoms with Gasteiger partial charge in [-0.15, -0.1) is 0 Å². The fourth-order valence-electron chi connectivity index (χ4n) is 3.10. The molecule has 2 aromatic rings. The molecule has 1 fully saturated rings. The molecule has 1 aromatic carbocycles. The van der Waals surface area contributed by atoms with Gasteiger partial charge in [0.1, 0.15) is 18.2 Å². The van der Waals surface area contributed by atoms with Gasteiger partial charge in [0.15, 0.2) is 5.96 Å². The van der Waals surface area contributed by atoms with Crippen LogP contribution in [0.15, 0.2) is 53.7 Å². The first-order valence-electron chi connectivity index (χ1n) is 10.3. The van der Waals surface area contributed by atoms with Gasteiger partial charge in [-0.3, -0.25) is 0 Å². The van der Waals surface area contributed by atoms with Gasteiger partial charge in [-0.2, -0.15) is 0 Å². The number of piperazine rings is 1. The van der Waals surface area contributed by atoms with Crippen LogP contribution < -0.4 is 20.3 Å². The molecule has 2 N–H and O–H groups in total. The molecule has 0 atom stereocenters. The minimum absolute atomic E-state index is 0.579. The number of nitrogens with zero attached hydrogens (tertiary/aromatic N) is 4. The van der Waals surface area contributed by atoms with Crippen LogP contribution in [0.2, 0.25) is 0 Å². The van der Waals surface area contributed by atoms with Crippen LogP contribution in [0.4, 0.5) is 5.82 Å². The molecule has 2 heterocycles. The lowest BCUT2D eigenvalue weighted by atomic mass is 10.2. The first-order chi connectivity index (χ1) is 14.2. The zero-order valence-corrected chi connectivity index (χ0v) is 17.5. The van der Waals surface area contributed by atoms with Crippen LogP contribution in [-0.2, 0) is 6.54 Å². The molecule has 0 unspecified atom stereocenters. The fraction of sp³-hybridized carbons (Fsp3) is 0.455. The van der Waals surface area contributed by atoms with Crippen molar-refractivity contribution in [2.24, 2.45) is 4.99 Å². The molecule has 1 aromatic heterocycles. The van der Waals surface area contributed by atoms with Crippen molar-refractivity contribution in [2.45, 2.75) is 13.5 Å². The molecular weight excluding hydrogens is 364 g/mol. The summed E-state index contributed by atoms with van der Waals surface area (Å²) in [5.74, 6) is 2.71. The smallest absolute Gasteiger partial charge is 0.191 e. The zero-order chi connectivity index (χ0) is 20.3. The molecule has 156 valence electrons. The Bertz CT molecular complexity index is 742. The molecule has 0 spiro atoms. The minimum atomic E-state index is 0.579. The Morgan fingerprint density at radius 3 is 2.55 bits per heavy atom. The summed E-state index contributed by atoms with van der Waals surface area (Å²) in [6, 6.07) is 14.1. The molecule has 29 heavy (non-hydrogen) atoms. The molecule has 0 aliphatic carbocycles. The summed E-state index contributed by atoms with van der Waals surface area (Å²) in [4.78, 5) is 14.0. The lowest BCUT2D eigenvalue weighted by molar-refractivity contribution is 0.312. The number of guanidine groups is 1. The number of likely N-dealkylation sites (N-methyl/N-ethyl adjacent to an activating group) is 1. The van der Waals surface area contributed by atoms with Crippen LogP contribution >= 0.6 is 0 Å². The lowest BCUT2D eigenvalue weighted by Gasteiger charge is -2.33. The van der Waals surface area contributed by atoms with Crippen molar-refractivity contribution in [3.05, 3.63) is 54.2 Å². The topological polar surface area (TPSA) is 65.0 Å². The molecule has 0 bridgehead atoms. The Balaban J connectivity index is 1.46. The van der Waals surface area contributed by atoms with Gasteiger partial charge in [0.2, 0.25) is 0 Å². The number of hydrogen-bond donors (Lipinski definition) is 2. The first-order valence-corrected chi connectivity index (χ1v) is 10.3. The van der Waals surface area contributed by atoms with Gasteiger partial charge in [-0.1, -0.05) is 24.3 Å². The van der Waals surface area contributed by atoms with E-state index >= 15 is 0 Å². The van der Waals surface area contributed by atoms with Crippen LogP contribution in [0, 0.1) is 0 Å². The van der Waals surface area contributed by atoms with Crippen molar-refractivity contribution in [2.75, 3.05) is 57.8 Å². The van der Waals surface area contributed by atoms with E-state index in [0.717, 1.165) is 55.8 Å². The second-order valence-corrected chi connectivity index (χ2v) is 7.10. The Kier molecular flexibility index (Phi) is 8.12. The standard InChI is InChI=1S/C22H32N6O/c1-3-23-22(24-11-16-29-20-7-5-4-6-8-20)26-18-19-9-10-21(25-17-19)28-14-12-27(2)13-15-28/h4-10,17H,3,11-16,18H2,1-2H3,(H2,23,24,26). The number of benzene rings is 1. The number of aliphatic imine (C=N–C) groups is 1. The maximum Gasteiger partial charge on any atom is 0.191 e. The summed E-state index contributed by atoms with van der Waals surface area (Å²) < 4.78 is 5.71. The molecule has 3 rings (SSSR count). The summed E-state index contributed by atoms with van der Waals surface area (Å²) in [5, 5.41) is 6.58. The third-order valence-corrected chi connectivity index (χ3v) is 4.81. The average molecular weight is 397 g/mol. The second kappa shape index (κ2) is 11.3. The highest BCUT2D eigenvalue weighted by atomic mass is 16.5. The Labute approximate surface area is 173 Å². The highest BCUT2D eigenvalue weighted by Crippen LogP contribution is 2.14. The third-order valence-electron chi connectivity index (χ3n) is 4.81. The number of aromatic nitrogens is 1. The predicted octanol–water partition coefficient (Wildman–Crippen LogP) is 1.97. The summed E-state index contributed by atoms with van der Waals surface area (Å²) in [5.41, 5.74) is 1.10. The van der Waals surface area contributed by atoms with Crippen molar-refractivity contribution in [3.63, 3.8) is 0 Å². The van der Waals surface area contributed by atoms with E-state index in [1.165, 1.54) is 0 Å². The van der Waals surface area contributed by atoms with Crippen molar-refractivity contribution in [3.8, 4) is 5.75 Å². The van der Waals surface area contributed by atoms with Gasteiger partial charge in [-0.25, -0.2) is 9.98 Å². The number of anilines is 1. The number of hydrogen-bond acceptors (Lipinski definition) is 5. The first kappa shape index (κ1) is 20.9. The number of ether oxygens (including phenoxy) is 1. The lowest BCUT2D eigenvalue weighted by Crippen LogP contribution is -2.44. The van der Waals surface area contributed by atoms with Gasteiger partial charge in [0.25, 0.3) is 0 Å². The van der Waals surface area contributed by atoms with Crippen molar-refractivity contribution in [1.29, 1.82) is 0 Å². The maximum absolute atomic E-state index is 5.71. The van der Waals surface area contributed by atoms with Gasteiger partial charge in [0, 0.05) is 38.9 Å². The number of para-hydroxylation sites is 1. The Morgan fingerprint density at radius 2 is 1.86 bits per heavy atom. The van der Waals surface area contributed by atoms with Crippen LogP contribution in [0.3, 0.4) is 0 Å². The fourth-order valence-corrected chi connectivity index (χ4v) is 3.10. The van der Waals surface area contributed by atoms with Crippen molar-refractivity contribution in [1.82, 2.24) is 20.5 Å². The summed E-state index contributed by atoms with van der Waals surface area (Å²) in [6.07, 6.45) is 1.93. The van der Waals surface area contributed by atoms with Gasteiger partial charge in [-0.05, 0) is 37.7 Å². The molecular formula is C22H32N6O. The van der Waals surface area contributed by atoms with E-state index in [-0.39, 0.29) is 0 Å². The number of nitrogens with one attached hydrogen (secondary N) is 2. The Hall–Kier alpha value is -2.80. The van der Waals surface area contributed by atoms with E-state index in [9.17, 15) is 0 Å². The van der Waals surface area contributed by atoms with E-state index in [4.69, 9.17) is 4.74 Å². The summed E-state index contributed by atoms with van der Waals surface area (Å²) in [6.45, 7) is 8.94. The molecule has 1 aliphatic heterocycles. The van der Waals surface area contributed by atoms with E-state index in [0.29, 0.717) is 19.7 Å². The predicted molar refractivity (Wildman–Crippen MR) is 119 cm³/mol. The van der Waals surface area contributed by atoms with Crippen LogP contribution in [0.5, 0.6) is 5.75 Å². The monoisotopic (exact) mass is 396 g/mol. The van der Waals surface area contributed by atoms with E-state index in [1.807, 2.05) is 36.5 Å². The quantitative estimate of drug-likeness (QED) is 0.404. The zero-order valence-electron chi connectivity index (χ0n) is 17.5. The van der Waals surface area contributed by atoms with Gasteiger partial charge >= 0.3 is 0 Å². The minimum Gasteiger partial charge on any atom is -0.492 e. The molecule has 0 saturated carbocycles. The van der Waals surface area contributed by atoms with Crippen LogP contribution in [0.1, 0.15) is 12.5 Å². The molecule has 1 saturated heterocycles. The molecule has 0 amide bonds. The molecule has 0 radical (unpaired) electrons. The van der Waals surface area contributed by atoms with Gasteiger partial charge < -0.3 is 25.2 Å². The number of pyridine rings is 1. The van der Waals surface area contributed by atoms with Crippen LogP contribution in [-0.4, -0.2) is 68.8 Å². The molecule has 1 aliphatic rings. The second-order valence-electron chi connectivity index (χ2n) is 7.10. The Morgan fingerprint density at radius 1 is 1.07 bits per heavy atom. The largest absolute Gasteiger partial charge is 0.492 e. The normalized spacial score (nSPS) is 15.2. The van der Waals surface area contributed by atoms with Gasteiger partial charge in [0.05, 0.1) is 13.1 Å². The van der Waals surface area contributed by atoms with E-state index in [1.54, 1.807) is 0 Å². The van der Waals surface area contributed by atoms with E-state index < -0.39 is 0 Å². The van der Waals surface area contributed by atoms with Crippen molar-refractivity contribution < 1.29 is 4.74 Å². The summed E-state index contributed by atoms with van der Waals surface area (Å²) in [7, 11) is 2.16. The maximum atomic E-state index is 5.71. The highest BCUT2D eigenvalue weighted by Gasteiger charge is 2.14. The number of rotatable bonds is 8. The van der Waals surface area contributed by atoms with E-state index in [2.05, 4.69) is 56.5 Å². The highest BCUT2D eigenvalue weighted by molar-refractivity contribution is 5.79. The summed E-state index contributed by atoms with van der Waals surface area (Å²) >= 11 is 0. The molecule has 7 nitrogen and oxygen atoms in total.